The SMILES string of the molecule is COc1ccc(NC(=O)CN(CCc2ccccc2)S(=O)(=O)c2cc(Cl)ccc2Cl)cc1. The van der Waals surface area contributed by atoms with Crippen LogP contribution in [0, 0.1) is 0 Å². The molecule has 3 aromatic carbocycles. The Morgan fingerprint density at radius 3 is 2.34 bits per heavy atom. The number of carbonyl (C=O) groups is 1. The number of sulfonamides is 1. The molecule has 3 aromatic rings. The third-order valence-electron chi connectivity index (χ3n) is 4.70. The Kier molecular flexibility index (Phi) is 8.15. The Morgan fingerprint density at radius 2 is 1.69 bits per heavy atom. The van der Waals surface area contributed by atoms with Gasteiger partial charge in [-0.3, -0.25) is 4.79 Å². The summed E-state index contributed by atoms with van der Waals surface area (Å²) in [5.74, 6) is 0.163. The van der Waals surface area contributed by atoms with Gasteiger partial charge in [0.2, 0.25) is 15.9 Å². The molecule has 0 heterocycles. The number of hydrogen-bond donors (Lipinski definition) is 1. The van der Waals surface area contributed by atoms with E-state index in [1.807, 2.05) is 30.3 Å². The summed E-state index contributed by atoms with van der Waals surface area (Å²) < 4.78 is 33.0. The fourth-order valence-electron chi connectivity index (χ4n) is 3.03. The first-order chi connectivity index (χ1) is 15.3. The molecular weight excluding hydrogens is 471 g/mol. The largest absolute Gasteiger partial charge is 0.497 e. The van der Waals surface area contributed by atoms with Crippen LogP contribution in [0.3, 0.4) is 0 Å². The average Bonchev–Trinajstić information content (AvgIpc) is 2.79. The summed E-state index contributed by atoms with van der Waals surface area (Å²) in [6, 6.07) is 20.4. The second-order valence-electron chi connectivity index (χ2n) is 6.93. The van der Waals surface area contributed by atoms with Gasteiger partial charge in [-0.1, -0.05) is 53.5 Å². The monoisotopic (exact) mass is 492 g/mol. The predicted octanol–water partition coefficient (Wildman–Crippen LogP) is 4.87. The van der Waals surface area contributed by atoms with E-state index in [0.717, 1.165) is 9.87 Å². The molecule has 0 radical (unpaired) electrons. The third kappa shape index (κ3) is 6.23. The number of amides is 1. The lowest BCUT2D eigenvalue weighted by molar-refractivity contribution is -0.116. The van der Waals surface area contributed by atoms with Crippen molar-refractivity contribution in [2.75, 3.05) is 25.5 Å². The molecule has 0 saturated carbocycles. The fourth-order valence-corrected chi connectivity index (χ4v) is 5.17. The lowest BCUT2D eigenvalue weighted by Gasteiger charge is -2.22. The normalized spacial score (nSPS) is 11.4. The van der Waals surface area contributed by atoms with E-state index in [-0.39, 0.29) is 28.0 Å². The summed E-state index contributed by atoms with van der Waals surface area (Å²) >= 11 is 12.2. The summed E-state index contributed by atoms with van der Waals surface area (Å²) in [5, 5.41) is 2.98. The summed E-state index contributed by atoms with van der Waals surface area (Å²) in [4.78, 5) is 12.6. The summed E-state index contributed by atoms with van der Waals surface area (Å²) in [6.07, 6.45) is 0.425. The van der Waals surface area contributed by atoms with E-state index >= 15 is 0 Å². The number of hydrogen-bond acceptors (Lipinski definition) is 4. The van der Waals surface area contributed by atoms with Crippen molar-refractivity contribution in [2.24, 2.45) is 0 Å². The molecule has 1 N–H and O–H groups in total. The molecule has 0 spiro atoms. The number of carbonyl (C=O) groups excluding carboxylic acids is 1. The van der Waals surface area contributed by atoms with Crippen LogP contribution in [0.4, 0.5) is 5.69 Å². The smallest absolute Gasteiger partial charge is 0.245 e. The maximum Gasteiger partial charge on any atom is 0.245 e. The van der Waals surface area contributed by atoms with Crippen LogP contribution in [0.15, 0.2) is 77.7 Å². The molecule has 0 unspecified atom stereocenters. The molecular formula is C23H22Cl2N2O4S. The van der Waals surface area contributed by atoms with Crippen LogP contribution in [-0.2, 0) is 21.2 Å². The van der Waals surface area contributed by atoms with Gasteiger partial charge in [0, 0.05) is 17.3 Å². The summed E-state index contributed by atoms with van der Waals surface area (Å²) in [5.41, 5.74) is 1.47. The molecule has 0 atom stereocenters. The van der Waals surface area contributed by atoms with Gasteiger partial charge in [0.1, 0.15) is 10.6 Å². The Morgan fingerprint density at radius 1 is 1.00 bits per heavy atom. The minimum atomic E-state index is -4.09. The quantitative estimate of drug-likeness (QED) is 0.462. The maximum absolute atomic E-state index is 13.4. The molecule has 0 aliphatic carbocycles. The predicted molar refractivity (Wildman–Crippen MR) is 127 cm³/mol. The zero-order chi connectivity index (χ0) is 23.1. The topological polar surface area (TPSA) is 75.7 Å². The molecule has 9 heteroatoms. The molecule has 0 aromatic heterocycles. The van der Waals surface area contributed by atoms with E-state index in [1.165, 1.54) is 18.2 Å². The highest BCUT2D eigenvalue weighted by atomic mass is 35.5. The van der Waals surface area contributed by atoms with Gasteiger partial charge >= 0.3 is 0 Å². The van der Waals surface area contributed by atoms with Gasteiger partial charge in [-0.25, -0.2) is 8.42 Å². The van der Waals surface area contributed by atoms with Crippen LogP contribution >= 0.6 is 23.2 Å². The second kappa shape index (κ2) is 10.8. The van der Waals surface area contributed by atoms with Crippen molar-refractivity contribution in [3.05, 3.63) is 88.4 Å². The van der Waals surface area contributed by atoms with Crippen LogP contribution in [0.25, 0.3) is 0 Å². The van der Waals surface area contributed by atoms with E-state index in [1.54, 1.807) is 31.4 Å². The summed E-state index contributed by atoms with van der Waals surface area (Å²) in [7, 11) is -2.54. The van der Waals surface area contributed by atoms with Crippen LogP contribution in [-0.4, -0.2) is 38.8 Å². The first-order valence-corrected chi connectivity index (χ1v) is 11.9. The fraction of sp³-hybridized carbons (Fsp3) is 0.174. The number of benzene rings is 3. The van der Waals surface area contributed by atoms with Crippen molar-refractivity contribution >= 4 is 44.8 Å². The minimum Gasteiger partial charge on any atom is -0.497 e. The number of halogens is 2. The van der Waals surface area contributed by atoms with Crippen molar-refractivity contribution < 1.29 is 17.9 Å². The van der Waals surface area contributed by atoms with Gasteiger partial charge in [-0.15, -0.1) is 0 Å². The highest BCUT2D eigenvalue weighted by Crippen LogP contribution is 2.28. The van der Waals surface area contributed by atoms with E-state index in [9.17, 15) is 13.2 Å². The van der Waals surface area contributed by atoms with E-state index in [2.05, 4.69) is 5.32 Å². The molecule has 32 heavy (non-hydrogen) atoms. The molecule has 0 aliphatic heterocycles. The van der Waals surface area contributed by atoms with Gasteiger partial charge in [0.15, 0.2) is 0 Å². The lowest BCUT2D eigenvalue weighted by Crippen LogP contribution is -2.39. The van der Waals surface area contributed by atoms with Crippen molar-refractivity contribution in [1.29, 1.82) is 0 Å². The number of rotatable bonds is 9. The number of methoxy groups -OCH3 is 1. The van der Waals surface area contributed by atoms with Crippen LogP contribution < -0.4 is 10.1 Å². The third-order valence-corrected chi connectivity index (χ3v) is 7.26. The zero-order valence-corrected chi connectivity index (χ0v) is 19.6. The average molecular weight is 493 g/mol. The molecule has 0 fully saturated rings. The number of ether oxygens (including phenoxy) is 1. The number of nitrogens with one attached hydrogen (secondary N) is 1. The van der Waals surface area contributed by atoms with Gasteiger partial charge in [-0.2, -0.15) is 4.31 Å². The highest BCUT2D eigenvalue weighted by molar-refractivity contribution is 7.89. The van der Waals surface area contributed by atoms with Crippen LogP contribution in [0.5, 0.6) is 5.75 Å². The van der Waals surface area contributed by atoms with E-state index in [0.29, 0.717) is 17.9 Å². The maximum atomic E-state index is 13.4. The van der Waals surface area contributed by atoms with E-state index in [4.69, 9.17) is 27.9 Å². The number of nitrogens with zero attached hydrogens (tertiary/aromatic N) is 1. The first-order valence-electron chi connectivity index (χ1n) is 9.72. The van der Waals surface area contributed by atoms with Crippen LogP contribution in [0.1, 0.15) is 5.56 Å². The van der Waals surface area contributed by atoms with Crippen molar-refractivity contribution in [3.8, 4) is 5.75 Å². The zero-order valence-electron chi connectivity index (χ0n) is 17.3. The molecule has 6 nitrogen and oxygen atoms in total. The lowest BCUT2D eigenvalue weighted by atomic mass is 10.1. The Labute approximate surface area is 197 Å². The minimum absolute atomic E-state index is 0.0367. The van der Waals surface area contributed by atoms with Gasteiger partial charge < -0.3 is 10.1 Å². The molecule has 1 amide bonds. The standard InChI is InChI=1S/C23H22Cl2N2O4S/c1-31-20-10-8-19(9-11-20)26-23(28)16-27(14-13-17-5-3-2-4-6-17)32(29,30)22-15-18(24)7-12-21(22)25/h2-12,15H,13-14,16H2,1H3,(H,26,28). The Bertz CT molecular complexity index is 1170. The molecule has 3 rings (SSSR count). The Balaban J connectivity index is 1.83. The molecule has 0 saturated heterocycles. The van der Waals surface area contributed by atoms with Crippen molar-refractivity contribution in [1.82, 2.24) is 4.31 Å². The molecule has 0 aliphatic rings. The van der Waals surface area contributed by atoms with Crippen LogP contribution in [0.2, 0.25) is 10.0 Å². The molecule has 168 valence electrons. The van der Waals surface area contributed by atoms with Gasteiger partial charge in [0.05, 0.1) is 18.7 Å². The summed E-state index contributed by atoms with van der Waals surface area (Å²) in [6.45, 7) is -0.296. The van der Waals surface area contributed by atoms with Gasteiger partial charge in [0.25, 0.3) is 0 Å². The van der Waals surface area contributed by atoms with Crippen molar-refractivity contribution in [3.63, 3.8) is 0 Å². The second-order valence-corrected chi connectivity index (χ2v) is 9.68. The Hall–Kier alpha value is -2.58. The van der Waals surface area contributed by atoms with Crippen molar-refractivity contribution in [2.45, 2.75) is 11.3 Å². The van der Waals surface area contributed by atoms with E-state index < -0.39 is 15.9 Å². The van der Waals surface area contributed by atoms with Gasteiger partial charge in [-0.05, 0) is 54.4 Å². The first kappa shape index (κ1) is 24.1. The molecule has 0 bridgehead atoms. The highest BCUT2D eigenvalue weighted by Gasteiger charge is 2.29. The number of anilines is 1.